The van der Waals surface area contributed by atoms with Gasteiger partial charge in [0, 0.05) is 32.6 Å². The fourth-order valence-electron chi connectivity index (χ4n) is 4.34. The van der Waals surface area contributed by atoms with Crippen molar-refractivity contribution in [3.8, 4) is 0 Å². The third-order valence-electron chi connectivity index (χ3n) is 5.84. The number of amides is 3. The van der Waals surface area contributed by atoms with Crippen LogP contribution in [0, 0.1) is 11.3 Å². The first kappa shape index (κ1) is 18.1. The summed E-state index contributed by atoms with van der Waals surface area (Å²) in [7, 11) is 1.87. The van der Waals surface area contributed by atoms with Gasteiger partial charge >= 0.3 is 0 Å². The Labute approximate surface area is 147 Å². The van der Waals surface area contributed by atoms with Gasteiger partial charge in [0.1, 0.15) is 6.04 Å². The number of likely N-dealkylation sites (tertiary alicyclic amines) is 2. The van der Waals surface area contributed by atoms with Crippen LogP contribution in [0.25, 0.3) is 0 Å². The Morgan fingerprint density at radius 1 is 1.32 bits per heavy atom. The molecule has 140 valence electrons. The molecule has 3 aliphatic rings. The summed E-state index contributed by atoms with van der Waals surface area (Å²) in [4.78, 5) is 40.1. The Hall–Kier alpha value is -1.67. The van der Waals surface area contributed by atoms with Gasteiger partial charge in [-0.1, -0.05) is 0 Å². The van der Waals surface area contributed by atoms with Gasteiger partial charge in [0.05, 0.1) is 5.92 Å². The van der Waals surface area contributed by atoms with Crippen molar-refractivity contribution in [3.63, 3.8) is 0 Å². The Bertz CT molecular complexity index is 549. The maximum atomic E-state index is 12.6. The fourth-order valence-corrected chi connectivity index (χ4v) is 4.34. The minimum absolute atomic E-state index is 0.138. The number of piperidine rings is 1. The van der Waals surface area contributed by atoms with E-state index >= 15 is 0 Å². The molecule has 3 fully saturated rings. The molecular formula is C17H28N4O4. The molecule has 1 saturated carbocycles. The van der Waals surface area contributed by atoms with Crippen molar-refractivity contribution in [1.82, 2.24) is 20.6 Å². The highest BCUT2D eigenvalue weighted by Gasteiger charge is 2.54. The molecule has 25 heavy (non-hydrogen) atoms. The van der Waals surface area contributed by atoms with Gasteiger partial charge in [-0.3, -0.25) is 24.5 Å². The molecule has 0 aromatic carbocycles. The standard InChI is InChI=1S/C17H28N4O4/c1-20-11-17(5-6-17)10-12(15(23)19-25)14(20)16(24)18-7-3-9-21-8-2-4-13(21)22/h12,14,25H,2-11H2,1H3,(H,18,24)(H,19,23). The van der Waals surface area contributed by atoms with E-state index in [2.05, 4.69) is 5.32 Å². The fraction of sp³-hybridized carbons (Fsp3) is 0.824. The summed E-state index contributed by atoms with van der Waals surface area (Å²) in [5.41, 5.74) is 1.86. The monoisotopic (exact) mass is 352 g/mol. The highest BCUT2D eigenvalue weighted by molar-refractivity contribution is 5.90. The first-order chi connectivity index (χ1) is 12.0. The average molecular weight is 352 g/mol. The van der Waals surface area contributed by atoms with E-state index in [0.717, 1.165) is 32.4 Å². The smallest absolute Gasteiger partial charge is 0.248 e. The summed E-state index contributed by atoms with van der Waals surface area (Å²) in [6, 6.07) is -0.563. The molecule has 2 atom stereocenters. The predicted molar refractivity (Wildman–Crippen MR) is 89.6 cm³/mol. The predicted octanol–water partition coefficient (Wildman–Crippen LogP) is -0.279. The summed E-state index contributed by atoms with van der Waals surface area (Å²) >= 11 is 0. The van der Waals surface area contributed by atoms with E-state index in [4.69, 9.17) is 5.21 Å². The number of carbonyl (C=O) groups excluding carboxylic acids is 3. The van der Waals surface area contributed by atoms with Crippen molar-refractivity contribution in [2.75, 3.05) is 33.2 Å². The normalized spacial score (nSPS) is 28.2. The van der Waals surface area contributed by atoms with E-state index in [-0.39, 0.29) is 17.2 Å². The topological polar surface area (TPSA) is 102 Å². The number of hydrogen-bond donors (Lipinski definition) is 3. The molecule has 3 rings (SSSR count). The van der Waals surface area contributed by atoms with E-state index in [1.807, 2.05) is 16.8 Å². The van der Waals surface area contributed by atoms with Crippen LogP contribution in [0.15, 0.2) is 0 Å². The maximum absolute atomic E-state index is 12.6. The zero-order valence-corrected chi connectivity index (χ0v) is 14.8. The molecule has 3 N–H and O–H groups in total. The third-order valence-corrected chi connectivity index (χ3v) is 5.84. The summed E-state index contributed by atoms with van der Waals surface area (Å²) in [5.74, 6) is -1.01. The second kappa shape index (κ2) is 7.29. The maximum Gasteiger partial charge on any atom is 0.248 e. The van der Waals surface area contributed by atoms with Crippen LogP contribution in [-0.2, 0) is 14.4 Å². The van der Waals surface area contributed by atoms with Crippen molar-refractivity contribution in [2.45, 2.75) is 44.6 Å². The molecule has 0 aromatic heterocycles. The van der Waals surface area contributed by atoms with Crippen LogP contribution >= 0.6 is 0 Å². The number of hydrogen-bond acceptors (Lipinski definition) is 5. The van der Waals surface area contributed by atoms with Crippen molar-refractivity contribution < 1.29 is 19.6 Å². The first-order valence-corrected chi connectivity index (χ1v) is 9.15. The minimum atomic E-state index is -0.563. The second-order valence-electron chi connectivity index (χ2n) is 7.78. The van der Waals surface area contributed by atoms with Gasteiger partial charge < -0.3 is 10.2 Å². The Balaban J connectivity index is 1.51. The third kappa shape index (κ3) is 3.95. The Morgan fingerprint density at radius 3 is 2.68 bits per heavy atom. The van der Waals surface area contributed by atoms with Crippen LogP contribution in [-0.4, -0.2) is 72.0 Å². The van der Waals surface area contributed by atoms with Crippen LogP contribution in [0.4, 0.5) is 0 Å². The summed E-state index contributed by atoms with van der Waals surface area (Å²) in [6.07, 6.45) is 5.03. The van der Waals surface area contributed by atoms with Gasteiger partial charge in [-0.25, -0.2) is 5.48 Å². The first-order valence-electron chi connectivity index (χ1n) is 9.15. The molecule has 3 amide bonds. The van der Waals surface area contributed by atoms with Gasteiger partial charge in [0.15, 0.2) is 0 Å². The second-order valence-corrected chi connectivity index (χ2v) is 7.78. The lowest BCUT2D eigenvalue weighted by Crippen LogP contribution is -2.58. The molecule has 2 heterocycles. The molecule has 2 aliphatic heterocycles. The lowest BCUT2D eigenvalue weighted by atomic mass is 9.80. The zero-order chi connectivity index (χ0) is 18.0. The molecule has 0 bridgehead atoms. The van der Waals surface area contributed by atoms with E-state index in [1.165, 1.54) is 0 Å². The summed E-state index contributed by atoms with van der Waals surface area (Å²) in [6.45, 7) is 2.75. The van der Waals surface area contributed by atoms with E-state index in [9.17, 15) is 14.4 Å². The SMILES string of the molecule is CN1CC2(CC2)CC(C(=O)NO)C1C(=O)NCCCN1CCCC1=O. The highest BCUT2D eigenvalue weighted by Crippen LogP contribution is 2.54. The number of nitrogens with zero attached hydrogens (tertiary/aromatic N) is 2. The number of likely N-dealkylation sites (N-methyl/N-ethyl adjacent to an activating group) is 1. The number of nitrogens with one attached hydrogen (secondary N) is 2. The van der Waals surface area contributed by atoms with E-state index in [0.29, 0.717) is 32.4 Å². The summed E-state index contributed by atoms with van der Waals surface area (Å²) < 4.78 is 0. The molecule has 2 saturated heterocycles. The molecular weight excluding hydrogens is 324 g/mol. The van der Waals surface area contributed by atoms with Crippen LogP contribution in [0.3, 0.4) is 0 Å². The van der Waals surface area contributed by atoms with Crippen LogP contribution in [0.1, 0.15) is 38.5 Å². The van der Waals surface area contributed by atoms with Crippen molar-refractivity contribution in [2.24, 2.45) is 11.3 Å². The van der Waals surface area contributed by atoms with E-state index < -0.39 is 17.9 Å². The van der Waals surface area contributed by atoms with Gasteiger partial charge in [-0.15, -0.1) is 0 Å². The molecule has 1 aliphatic carbocycles. The quantitative estimate of drug-likeness (QED) is 0.347. The Morgan fingerprint density at radius 2 is 2.08 bits per heavy atom. The van der Waals surface area contributed by atoms with Crippen LogP contribution in [0.5, 0.6) is 0 Å². The molecule has 8 heteroatoms. The van der Waals surface area contributed by atoms with Crippen molar-refractivity contribution in [3.05, 3.63) is 0 Å². The van der Waals surface area contributed by atoms with Crippen LogP contribution in [0.2, 0.25) is 0 Å². The Kier molecular flexibility index (Phi) is 5.29. The average Bonchev–Trinajstić information content (AvgIpc) is 3.19. The van der Waals surface area contributed by atoms with Gasteiger partial charge in [-0.05, 0) is 44.6 Å². The summed E-state index contributed by atoms with van der Waals surface area (Å²) in [5, 5.41) is 11.9. The molecule has 2 unspecified atom stereocenters. The zero-order valence-electron chi connectivity index (χ0n) is 14.8. The molecule has 1 spiro atoms. The molecule has 0 aromatic rings. The number of carbonyl (C=O) groups is 3. The van der Waals surface area contributed by atoms with Crippen molar-refractivity contribution >= 4 is 17.7 Å². The van der Waals surface area contributed by atoms with Gasteiger partial charge in [0.2, 0.25) is 17.7 Å². The molecule has 8 nitrogen and oxygen atoms in total. The molecule has 0 radical (unpaired) electrons. The van der Waals surface area contributed by atoms with Gasteiger partial charge in [-0.2, -0.15) is 0 Å². The highest BCUT2D eigenvalue weighted by atomic mass is 16.5. The lowest BCUT2D eigenvalue weighted by Gasteiger charge is -2.41. The van der Waals surface area contributed by atoms with Crippen molar-refractivity contribution in [1.29, 1.82) is 0 Å². The van der Waals surface area contributed by atoms with Crippen LogP contribution < -0.4 is 10.8 Å². The van der Waals surface area contributed by atoms with Gasteiger partial charge in [0.25, 0.3) is 0 Å². The number of hydroxylamine groups is 1. The largest absolute Gasteiger partial charge is 0.355 e. The minimum Gasteiger partial charge on any atom is -0.355 e. The lowest BCUT2D eigenvalue weighted by molar-refractivity contribution is -0.145. The van der Waals surface area contributed by atoms with E-state index in [1.54, 1.807) is 5.48 Å². The number of rotatable bonds is 6.